The van der Waals surface area contributed by atoms with Crippen molar-refractivity contribution in [2.75, 3.05) is 5.32 Å². The van der Waals surface area contributed by atoms with Gasteiger partial charge < -0.3 is 10.4 Å². The van der Waals surface area contributed by atoms with E-state index in [0.717, 1.165) is 5.56 Å². The fraction of sp³-hybridized carbons (Fsp3) is 0.143. The lowest BCUT2D eigenvalue weighted by molar-refractivity contribution is -0.115. The first-order valence-electron chi connectivity index (χ1n) is 5.67. The summed E-state index contributed by atoms with van der Waals surface area (Å²) in [5, 5.41) is 11.9. The van der Waals surface area contributed by atoms with Gasteiger partial charge in [-0.15, -0.1) is 0 Å². The Morgan fingerprint density at radius 2 is 2.06 bits per heavy atom. The number of nitrogens with one attached hydrogen (secondary N) is 1. The summed E-state index contributed by atoms with van der Waals surface area (Å²) < 4.78 is 0. The second-order valence-electron chi connectivity index (χ2n) is 3.90. The topological polar surface area (TPSA) is 62.2 Å². The number of benzene rings is 1. The van der Waals surface area contributed by atoms with Gasteiger partial charge in [0.2, 0.25) is 5.91 Å². The summed E-state index contributed by atoms with van der Waals surface area (Å²) in [6.45, 7) is -0.0939. The van der Waals surface area contributed by atoms with Crippen molar-refractivity contribution in [3.8, 4) is 0 Å². The molecule has 4 heteroatoms. The molecule has 18 heavy (non-hydrogen) atoms. The number of aliphatic hydroxyl groups is 1. The molecule has 1 aromatic heterocycles. The smallest absolute Gasteiger partial charge is 0.228 e. The molecule has 0 saturated heterocycles. The zero-order valence-electron chi connectivity index (χ0n) is 9.84. The zero-order chi connectivity index (χ0) is 12.8. The Morgan fingerprint density at radius 3 is 2.78 bits per heavy atom. The molecular formula is C14H14N2O2. The van der Waals surface area contributed by atoms with Crippen LogP contribution in [0, 0.1) is 0 Å². The molecule has 0 radical (unpaired) electrons. The average molecular weight is 242 g/mol. The number of nitrogens with zero attached hydrogens (tertiary/aromatic N) is 1. The molecule has 1 amide bonds. The van der Waals surface area contributed by atoms with Crippen LogP contribution < -0.4 is 5.32 Å². The van der Waals surface area contributed by atoms with Gasteiger partial charge in [-0.25, -0.2) is 0 Å². The molecule has 0 bridgehead atoms. The third-order valence-electron chi connectivity index (χ3n) is 2.55. The van der Waals surface area contributed by atoms with E-state index in [2.05, 4.69) is 10.3 Å². The number of anilines is 1. The van der Waals surface area contributed by atoms with Crippen LogP contribution in [0.3, 0.4) is 0 Å². The van der Waals surface area contributed by atoms with Gasteiger partial charge in [-0.05, 0) is 17.7 Å². The van der Waals surface area contributed by atoms with E-state index in [9.17, 15) is 4.79 Å². The fourth-order valence-electron chi connectivity index (χ4n) is 1.66. The van der Waals surface area contributed by atoms with E-state index in [0.29, 0.717) is 11.3 Å². The Hall–Kier alpha value is -2.20. The molecule has 2 rings (SSSR count). The minimum Gasteiger partial charge on any atom is -0.392 e. The molecule has 0 saturated carbocycles. The van der Waals surface area contributed by atoms with Gasteiger partial charge in [-0.1, -0.05) is 24.3 Å². The van der Waals surface area contributed by atoms with Gasteiger partial charge in [0.25, 0.3) is 0 Å². The lowest BCUT2D eigenvalue weighted by Crippen LogP contribution is -2.15. The van der Waals surface area contributed by atoms with E-state index < -0.39 is 0 Å². The summed E-state index contributed by atoms with van der Waals surface area (Å²) in [5.74, 6) is -0.121. The van der Waals surface area contributed by atoms with E-state index in [1.54, 1.807) is 30.6 Å². The number of hydrogen-bond donors (Lipinski definition) is 2. The number of carbonyl (C=O) groups excluding carboxylic acids is 1. The Kier molecular flexibility index (Phi) is 4.04. The lowest BCUT2D eigenvalue weighted by atomic mass is 10.1. The average Bonchev–Trinajstić information content (AvgIpc) is 2.40. The third kappa shape index (κ3) is 3.15. The monoisotopic (exact) mass is 242 g/mol. The molecule has 0 aliphatic heterocycles. The number of para-hydroxylation sites is 1. The van der Waals surface area contributed by atoms with Crippen LogP contribution in [0.4, 0.5) is 5.69 Å². The summed E-state index contributed by atoms with van der Waals surface area (Å²) in [6, 6.07) is 10.8. The van der Waals surface area contributed by atoms with Gasteiger partial charge in [0.05, 0.1) is 13.0 Å². The van der Waals surface area contributed by atoms with Gasteiger partial charge in [-0.2, -0.15) is 0 Å². The number of rotatable bonds is 4. The van der Waals surface area contributed by atoms with E-state index >= 15 is 0 Å². The Morgan fingerprint density at radius 1 is 1.22 bits per heavy atom. The SMILES string of the molecule is O=C(Cc1cccnc1)Nc1ccccc1CO. The number of pyridine rings is 1. The highest BCUT2D eigenvalue weighted by atomic mass is 16.3. The van der Waals surface area contributed by atoms with Gasteiger partial charge in [-0.3, -0.25) is 9.78 Å². The molecule has 4 nitrogen and oxygen atoms in total. The zero-order valence-corrected chi connectivity index (χ0v) is 9.84. The van der Waals surface area contributed by atoms with Crippen LogP contribution in [0.1, 0.15) is 11.1 Å². The number of amides is 1. The normalized spacial score (nSPS) is 10.1. The Labute approximate surface area is 105 Å². The first-order chi connectivity index (χ1) is 8.79. The number of carbonyl (C=O) groups is 1. The van der Waals surface area contributed by atoms with Crippen LogP contribution in [0.5, 0.6) is 0 Å². The Bertz CT molecular complexity index is 526. The predicted octanol–water partition coefficient (Wildman–Crippen LogP) is 1.76. The van der Waals surface area contributed by atoms with Crippen molar-refractivity contribution < 1.29 is 9.90 Å². The molecule has 0 unspecified atom stereocenters. The number of hydrogen-bond acceptors (Lipinski definition) is 3. The third-order valence-corrected chi connectivity index (χ3v) is 2.55. The molecule has 1 heterocycles. The minimum atomic E-state index is -0.121. The van der Waals surface area contributed by atoms with Crippen LogP contribution in [0.2, 0.25) is 0 Å². The maximum absolute atomic E-state index is 11.8. The quantitative estimate of drug-likeness (QED) is 0.858. The summed E-state index contributed by atoms with van der Waals surface area (Å²) in [7, 11) is 0. The van der Waals surface area contributed by atoms with Gasteiger partial charge >= 0.3 is 0 Å². The Balaban J connectivity index is 2.03. The molecule has 0 fully saturated rings. The van der Waals surface area contributed by atoms with Crippen molar-refractivity contribution in [3.63, 3.8) is 0 Å². The van der Waals surface area contributed by atoms with E-state index in [4.69, 9.17) is 5.11 Å². The van der Waals surface area contributed by atoms with Gasteiger partial charge in [0, 0.05) is 23.6 Å². The summed E-state index contributed by atoms with van der Waals surface area (Å²) in [5.41, 5.74) is 2.21. The van der Waals surface area contributed by atoms with Crippen molar-refractivity contribution in [1.82, 2.24) is 4.98 Å². The first-order valence-corrected chi connectivity index (χ1v) is 5.67. The summed E-state index contributed by atoms with van der Waals surface area (Å²) >= 11 is 0. The van der Waals surface area contributed by atoms with E-state index in [1.807, 2.05) is 18.2 Å². The molecule has 0 aliphatic rings. The largest absolute Gasteiger partial charge is 0.392 e. The van der Waals surface area contributed by atoms with Crippen LogP contribution in [-0.2, 0) is 17.8 Å². The van der Waals surface area contributed by atoms with E-state index in [-0.39, 0.29) is 18.9 Å². The van der Waals surface area contributed by atoms with Crippen molar-refractivity contribution in [3.05, 3.63) is 59.9 Å². The number of aromatic nitrogens is 1. The second-order valence-corrected chi connectivity index (χ2v) is 3.90. The van der Waals surface area contributed by atoms with Crippen LogP contribution in [-0.4, -0.2) is 16.0 Å². The highest BCUT2D eigenvalue weighted by molar-refractivity contribution is 5.92. The summed E-state index contributed by atoms with van der Waals surface area (Å²) in [4.78, 5) is 15.8. The van der Waals surface area contributed by atoms with Crippen LogP contribution in [0.25, 0.3) is 0 Å². The maximum Gasteiger partial charge on any atom is 0.228 e. The van der Waals surface area contributed by atoms with Crippen LogP contribution >= 0.6 is 0 Å². The molecular weight excluding hydrogens is 228 g/mol. The highest BCUT2D eigenvalue weighted by Crippen LogP contribution is 2.15. The lowest BCUT2D eigenvalue weighted by Gasteiger charge is -2.09. The second kappa shape index (κ2) is 5.93. The van der Waals surface area contributed by atoms with Gasteiger partial charge in [0.15, 0.2) is 0 Å². The predicted molar refractivity (Wildman–Crippen MR) is 68.9 cm³/mol. The fourth-order valence-corrected chi connectivity index (χ4v) is 1.66. The molecule has 0 atom stereocenters. The van der Waals surface area contributed by atoms with Crippen LogP contribution in [0.15, 0.2) is 48.8 Å². The highest BCUT2D eigenvalue weighted by Gasteiger charge is 2.06. The maximum atomic E-state index is 11.8. The molecule has 2 aromatic rings. The first kappa shape index (κ1) is 12.3. The van der Waals surface area contributed by atoms with Crippen molar-refractivity contribution in [2.24, 2.45) is 0 Å². The molecule has 0 spiro atoms. The number of aliphatic hydroxyl groups excluding tert-OH is 1. The molecule has 2 N–H and O–H groups in total. The van der Waals surface area contributed by atoms with Crippen molar-refractivity contribution in [1.29, 1.82) is 0 Å². The molecule has 0 aliphatic carbocycles. The molecule has 92 valence electrons. The van der Waals surface area contributed by atoms with Gasteiger partial charge in [0.1, 0.15) is 0 Å². The minimum absolute atomic E-state index is 0.0939. The van der Waals surface area contributed by atoms with E-state index in [1.165, 1.54) is 0 Å². The standard InChI is InChI=1S/C14H14N2O2/c17-10-12-5-1-2-6-13(12)16-14(18)8-11-4-3-7-15-9-11/h1-7,9,17H,8,10H2,(H,16,18). The van der Waals surface area contributed by atoms with Crippen molar-refractivity contribution >= 4 is 11.6 Å². The molecule has 1 aromatic carbocycles. The van der Waals surface area contributed by atoms with Crippen molar-refractivity contribution in [2.45, 2.75) is 13.0 Å². The summed E-state index contributed by atoms with van der Waals surface area (Å²) in [6.07, 6.45) is 3.60.